The van der Waals surface area contributed by atoms with Gasteiger partial charge in [-0.2, -0.15) is 4.98 Å². The smallest absolute Gasteiger partial charge is 0.244 e. The molecule has 1 fully saturated rings. The predicted molar refractivity (Wildman–Crippen MR) is 102 cm³/mol. The van der Waals surface area contributed by atoms with Gasteiger partial charge < -0.3 is 10.3 Å². The summed E-state index contributed by atoms with van der Waals surface area (Å²) in [7, 11) is 0. The van der Waals surface area contributed by atoms with Gasteiger partial charge in [0, 0.05) is 23.6 Å². The van der Waals surface area contributed by atoms with E-state index in [1.54, 1.807) is 17.6 Å². The van der Waals surface area contributed by atoms with Crippen LogP contribution >= 0.6 is 0 Å². The minimum absolute atomic E-state index is 0.130. The van der Waals surface area contributed by atoms with E-state index in [1.807, 2.05) is 12.1 Å². The Balaban J connectivity index is 1.64. The lowest BCUT2D eigenvalue weighted by Crippen LogP contribution is -2.21. The number of benzene rings is 1. The fraction of sp³-hybridized carbons (Fsp3) is 0.550. The van der Waals surface area contributed by atoms with E-state index in [0.717, 1.165) is 30.7 Å². The Bertz CT molecular complexity index is 723. The Morgan fingerprint density at radius 2 is 2.00 bits per heavy atom. The zero-order chi connectivity index (χ0) is 19.1. The molecule has 0 unspecified atom stereocenters. The monoisotopic (exact) mass is 372 g/mol. The molecule has 1 aromatic heterocycles. The molecule has 0 saturated heterocycles. The molecular formula is C20H28N4O3. The number of hydrogen-bond acceptors (Lipinski definition) is 6. The van der Waals surface area contributed by atoms with Crippen LogP contribution in [0.15, 0.2) is 28.8 Å². The quantitative estimate of drug-likeness (QED) is 0.366. The first-order chi connectivity index (χ1) is 13.2. The fourth-order valence-corrected chi connectivity index (χ4v) is 3.86. The third kappa shape index (κ3) is 5.53. The van der Waals surface area contributed by atoms with Gasteiger partial charge in [0.05, 0.1) is 0 Å². The van der Waals surface area contributed by atoms with Gasteiger partial charge in [0.25, 0.3) is 0 Å². The van der Waals surface area contributed by atoms with Crippen molar-refractivity contribution in [3.63, 3.8) is 0 Å². The predicted octanol–water partition coefficient (Wildman–Crippen LogP) is 4.05. The van der Waals surface area contributed by atoms with Crippen LogP contribution in [0.1, 0.15) is 69.6 Å². The zero-order valence-electron chi connectivity index (χ0n) is 15.6. The summed E-state index contributed by atoms with van der Waals surface area (Å²) in [5.74, 6) is 1.07. The van der Waals surface area contributed by atoms with Crippen LogP contribution < -0.4 is 11.2 Å². The summed E-state index contributed by atoms with van der Waals surface area (Å²) in [5.41, 5.74) is 8.90. The lowest BCUT2D eigenvalue weighted by atomic mass is 9.84. The van der Waals surface area contributed by atoms with Gasteiger partial charge in [0.15, 0.2) is 0 Å². The maximum Gasteiger partial charge on any atom is 0.244 e. The number of rotatable bonds is 8. The van der Waals surface area contributed by atoms with E-state index in [4.69, 9.17) is 15.5 Å². The zero-order valence-corrected chi connectivity index (χ0v) is 15.6. The third-order valence-electron chi connectivity index (χ3n) is 5.41. The molecule has 0 radical (unpaired) electrons. The second kappa shape index (κ2) is 9.50. The van der Waals surface area contributed by atoms with Gasteiger partial charge >= 0.3 is 0 Å². The van der Waals surface area contributed by atoms with Crippen molar-refractivity contribution in [1.82, 2.24) is 15.6 Å². The summed E-state index contributed by atoms with van der Waals surface area (Å²) in [4.78, 5) is 16.2. The summed E-state index contributed by atoms with van der Waals surface area (Å²) in [6.07, 6.45) is 9.71. The van der Waals surface area contributed by atoms with Gasteiger partial charge in [0.2, 0.25) is 17.6 Å². The van der Waals surface area contributed by atoms with Gasteiger partial charge in [0.1, 0.15) is 0 Å². The standard InChI is InChI=1S/C20H28N4O3/c21-17-11-9-15(10-12-17)19-22-20(27-24-19)16(13-18(25)23-26)8-4-7-14-5-2-1-3-6-14/h9-12,14,16,26H,1-8,13,21H2,(H,23,25)/t16-/m1/s1. The lowest BCUT2D eigenvalue weighted by molar-refractivity contribution is -0.129. The second-order valence-electron chi connectivity index (χ2n) is 7.45. The Labute approximate surface area is 159 Å². The van der Waals surface area contributed by atoms with Crippen molar-refractivity contribution in [2.75, 3.05) is 5.73 Å². The van der Waals surface area contributed by atoms with Gasteiger partial charge in [-0.15, -0.1) is 0 Å². The number of carbonyl (C=O) groups excluding carboxylic acids is 1. The third-order valence-corrected chi connectivity index (χ3v) is 5.41. The van der Waals surface area contributed by atoms with E-state index in [-0.39, 0.29) is 12.3 Å². The van der Waals surface area contributed by atoms with Crippen molar-refractivity contribution in [1.29, 1.82) is 0 Å². The number of hydrogen-bond donors (Lipinski definition) is 3. The number of nitrogens with one attached hydrogen (secondary N) is 1. The van der Waals surface area contributed by atoms with E-state index in [2.05, 4.69) is 10.1 Å². The number of nitrogen functional groups attached to an aromatic ring is 1. The van der Waals surface area contributed by atoms with Crippen LogP contribution in [0, 0.1) is 5.92 Å². The van der Waals surface area contributed by atoms with E-state index in [0.29, 0.717) is 17.4 Å². The highest BCUT2D eigenvalue weighted by molar-refractivity contribution is 5.75. The number of nitrogens with zero attached hydrogens (tertiary/aromatic N) is 2. The molecule has 0 bridgehead atoms. The first kappa shape index (κ1) is 19.4. The largest absolute Gasteiger partial charge is 0.399 e. The number of nitrogens with two attached hydrogens (primary N) is 1. The Kier molecular flexibility index (Phi) is 6.81. The number of anilines is 1. The number of carbonyl (C=O) groups is 1. The van der Waals surface area contributed by atoms with Crippen molar-refractivity contribution >= 4 is 11.6 Å². The SMILES string of the molecule is Nc1ccc(-c2noc([C@H](CCCC3CCCCC3)CC(=O)NO)n2)cc1. The average Bonchev–Trinajstić information content (AvgIpc) is 3.18. The first-order valence-electron chi connectivity index (χ1n) is 9.78. The Hall–Kier alpha value is -2.41. The Morgan fingerprint density at radius 1 is 1.26 bits per heavy atom. The van der Waals surface area contributed by atoms with E-state index in [1.165, 1.54) is 32.1 Å². The summed E-state index contributed by atoms with van der Waals surface area (Å²) in [6.45, 7) is 0. The van der Waals surface area contributed by atoms with E-state index >= 15 is 0 Å². The maximum absolute atomic E-state index is 11.7. The Morgan fingerprint density at radius 3 is 2.70 bits per heavy atom. The molecule has 1 aliphatic carbocycles. The first-order valence-corrected chi connectivity index (χ1v) is 9.78. The van der Waals surface area contributed by atoms with E-state index < -0.39 is 5.91 Å². The molecule has 7 heteroatoms. The highest BCUT2D eigenvalue weighted by atomic mass is 16.5. The second-order valence-corrected chi connectivity index (χ2v) is 7.45. The minimum Gasteiger partial charge on any atom is -0.399 e. The summed E-state index contributed by atoms with van der Waals surface area (Å²) in [5, 5.41) is 12.9. The van der Waals surface area contributed by atoms with Crippen LogP contribution in [0.5, 0.6) is 0 Å². The van der Waals surface area contributed by atoms with Crippen LogP contribution in [0.3, 0.4) is 0 Å². The summed E-state index contributed by atoms with van der Waals surface area (Å²) >= 11 is 0. The summed E-state index contributed by atoms with van der Waals surface area (Å²) < 4.78 is 5.45. The van der Waals surface area contributed by atoms with Crippen molar-refractivity contribution < 1.29 is 14.5 Å². The molecule has 2 aromatic rings. The van der Waals surface area contributed by atoms with Crippen LogP contribution in [-0.2, 0) is 4.79 Å². The summed E-state index contributed by atoms with van der Waals surface area (Å²) in [6, 6.07) is 7.24. The molecule has 27 heavy (non-hydrogen) atoms. The molecule has 0 spiro atoms. The molecule has 1 aromatic carbocycles. The molecule has 1 saturated carbocycles. The fourth-order valence-electron chi connectivity index (χ4n) is 3.86. The molecule has 3 rings (SSSR count). The van der Waals surface area contributed by atoms with Gasteiger partial charge in [-0.25, -0.2) is 5.48 Å². The molecule has 1 atom stereocenters. The number of aromatic nitrogens is 2. The van der Waals surface area contributed by atoms with Gasteiger partial charge in [-0.1, -0.05) is 50.1 Å². The average molecular weight is 372 g/mol. The van der Waals surface area contributed by atoms with E-state index in [9.17, 15) is 4.79 Å². The topological polar surface area (TPSA) is 114 Å². The number of hydroxylamine groups is 1. The van der Waals surface area contributed by atoms with Crippen molar-refractivity contribution in [2.45, 2.75) is 63.7 Å². The molecular weight excluding hydrogens is 344 g/mol. The van der Waals surface area contributed by atoms with Crippen LogP contribution in [-0.4, -0.2) is 21.3 Å². The number of amides is 1. The lowest BCUT2D eigenvalue weighted by Gasteiger charge is -2.22. The minimum atomic E-state index is -0.440. The highest BCUT2D eigenvalue weighted by Crippen LogP contribution is 2.31. The molecule has 1 heterocycles. The molecule has 1 amide bonds. The van der Waals surface area contributed by atoms with Gasteiger partial charge in [-0.3, -0.25) is 10.0 Å². The normalized spacial score (nSPS) is 16.2. The molecule has 1 aliphatic rings. The molecule has 4 N–H and O–H groups in total. The van der Waals surface area contributed by atoms with Crippen LogP contribution in [0.2, 0.25) is 0 Å². The molecule has 0 aliphatic heterocycles. The van der Waals surface area contributed by atoms with Crippen LogP contribution in [0.25, 0.3) is 11.4 Å². The van der Waals surface area contributed by atoms with Crippen molar-refractivity contribution in [3.8, 4) is 11.4 Å². The van der Waals surface area contributed by atoms with Crippen LogP contribution in [0.4, 0.5) is 5.69 Å². The van der Waals surface area contributed by atoms with Crippen molar-refractivity contribution in [3.05, 3.63) is 30.2 Å². The highest BCUT2D eigenvalue weighted by Gasteiger charge is 2.23. The molecule has 146 valence electrons. The molecule has 7 nitrogen and oxygen atoms in total. The van der Waals surface area contributed by atoms with Gasteiger partial charge in [-0.05, 0) is 36.6 Å². The van der Waals surface area contributed by atoms with Crippen molar-refractivity contribution in [2.24, 2.45) is 5.92 Å². The maximum atomic E-state index is 11.7.